The van der Waals surface area contributed by atoms with E-state index in [1.165, 1.54) is 0 Å². The van der Waals surface area contributed by atoms with E-state index >= 15 is 0 Å². The molecule has 0 amide bonds. The van der Waals surface area contributed by atoms with E-state index in [1.807, 2.05) is 0 Å². The molecule has 2 N–H and O–H groups in total. The van der Waals surface area contributed by atoms with Gasteiger partial charge in [-0.3, -0.25) is 9.78 Å². The third kappa shape index (κ3) is 1.92. The molecule has 0 unspecified atom stereocenters. The van der Waals surface area contributed by atoms with E-state index in [-0.39, 0.29) is 5.56 Å². The Hall–Kier alpha value is -1.81. The molecule has 0 saturated carbocycles. The average molecular weight is 237 g/mol. The second-order valence-corrected chi connectivity index (χ2v) is 3.54. The van der Waals surface area contributed by atoms with Gasteiger partial charge in [0.2, 0.25) is 0 Å². The molecule has 0 aliphatic rings. The third-order valence-corrected chi connectivity index (χ3v) is 2.37. The highest BCUT2D eigenvalue weighted by Gasteiger charge is 2.02. The Balaban J connectivity index is 2.81. The smallest absolute Gasteiger partial charge is 0.306 e. The highest BCUT2D eigenvalue weighted by Crippen LogP contribution is 2.13. The number of rotatable bonds is 2. The van der Waals surface area contributed by atoms with Crippen LogP contribution in [0.3, 0.4) is 0 Å². The maximum atomic E-state index is 11.5. The number of halogens is 1. The quantitative estimate of drug-likeness (QED) is 0.776. The van der Waals surface area contributed by atoms with Crippen molar-refractivity contribution in [2.75, 3.05) is 5.88 Å². The zero-order valence-electron chi connectivity index (χ0n) is 8.29. The van der Waals surface area contributed by atoms with Gasteiger partial charge in [0, 0.05) is 5.88 Å². The van der Waals surface area contributed by atoms with Gasteiger partial charge in [0.15, 0.2) is 0 Å². The third-order valence-electron chi connectivity index (χ3n) is 2.19. The van der Waals surface area contributed by atoms with Gasteiger partial charge in [0.1, 0.15) is 0 Å². The van der Waals surface area contributed by atoms with Crippen LogP contribution in [0.2, 0.25) is 0 Å². The normalized spacial score (nSPS) is 11.3. The molecule has 5 heteroatoms. The maximum absolute atomic E-state index is 11.5. The Morgan fingerprint density at radius 1 is 1.25 bits per heavy atom. The van der Waals surface area contributed by atoms with Gasteiger partial charge in [-0.25, -0.2) is 4.79 Å². The van der Waals surface area contributed by atoms with Crippen LogP contribution in [0.25, 0.3) is 17.0 Å². The Morgan fingerprint density at radius 3 is 2.81 bits per heavy atom. The molecule has 0 fully saturated rings. The van der Waals surface area contributed by atoms with Gasteiger partial charge in [-0.15, -0.1) is 11.6 Å². The number of hydrogen-bond donors (Lipinski definition) is 2. The zero-order chi connectivity index (χ0) is 11.5. The monoisotopic (exact) mass is 236 g/mol. The second kappa shape index (κ2) is 4.37. The minimum atomic E-state index is -0.510. The van der Waals surface area contributed by atoms with Crippen LogP contribution in [-0.2, 0) is 0 Å². The molecule has 1 aromatic heterocycles. The lowest BCUT2D eigenvalue weighted by molar-refractivity contribution is 1.08. The number of benzene rings is 1. The van der Waals surface area contributed by atoms with Crippen LogP contribution in [0.4, 0.5) is 0 Å². The van der Waals surface area contributed by atoms with Crippen molar-refractivity contribution in [3.05, 3.63) is 50.7 Å². The van der Waals surface area contributed by atoms with Gasteiger partial charge in [-0.2, -0.15) is 0 Å². The minimum Gasteiger partial charge on any atom is -0.306 e. The first kappa shape index (κ1) is 10.7. The van der Waals surface area contributed by atoms with Gasteiger partial charge < -0.3 is 4.98 Å². The minimum absolute atomic E-state index is 0.379. The summed E-state index contributed by atoms with van der Waals surface area (Å²) >= 11 is 5.54. The lowest BCUT2D eigenvalue weighted by Gasteiger charge is -2.00. The van der Waals surface area contributed by atoms with E-state index in [0.717, 1.165) is 5.56 Å². The van der Waals surface area contributed by atoms with E-state index in [2.05, 4.69) is 9.97 Å². The summed E-state index contributed by atoms with van der Waals surface area (Å²) in [5, 5.41) is 0.455. The van der Waals surface area contributed by atoms with Crippen molar-refractivity contribution in [3.8, 4) is 0 Å². The maximum Gasteiger partial charge on any atom is 0.326 e. The predicted molar refractivity (Wildman–Crippen MR) is 64.9 cm³/mol. The van der Waals surface area contributed by atoms with Crippen molar-refractivity contribution in [3.63, 3.8) is 0 Å². The molecule has 1 heterocycles. The molecule has 0 radical (unpaired) electrons. The fraction of sp³-hybridized carbons (Fsp3) is 0.0909. The Bertz CT molecular complexity index is 655. The molecule has 0 aliphatic heterocycles. The fourth-order valence-corrected chi connectivity index (χ4v) is 1.61. The SMILES string of the molecule is O=c1[nH]c(=O)c2cccc(/C=C/CCl)c2[nH]1. The zero-order valence-corrected chi connectivity index (χ0v) is 9.04. The molecule has 0 spiro atoms. The summed E-state index contributed by atoms with van der Waals surface area (Å²) in [7, 11) is 0. The first-order valence-electron chi connectivity index (χ1n) is 4.70. The molecule has 0 aliphatic carbocycles. The molecule has 0 saturated heterocycles. The lowest BCUT2D eigenvalue weighted by atomic mass is 10.1. The summed E-state index contributed by atoms with van der Waals surface area (Å²) in [6.45, 7) is 0. The number of aromatic amines is 2. The number of fused-ring (bicyclic) bond motifs is 1. The highest BCUT2D eigenvalue weighted by atomic mass is 35.5. The highest BCUT2D eigenvalue weighted by molar-refractivity contribution is 6.19. The first-order valence-corrected chi connectivity index (χ1v) is 5.23. The van der Waals surface area contributed by atoms with Crippen LogP contribution in [0.1, 0.15) is 5.56 Å². The standard InChI is InChI=1S/C11H9ClN2O2/c12-6-2-4-7-3-1-5-8-9(7)13-11(16)14-10(8)15/h1-5H,6H2,(H2,13,14,15,16)/b4-2+. The molecule has 0 atom stereocenters. The summed E-state index contributed by atoms with van der Waals surface area (Å²) in [5.41, 5.74) is 0.392. The van der Waals surface area contributed by atoms with Crippen molar-refractivity contribution in [1.82, 2.24) is 9.97 Å². The number of aromatic nitrogens is 2. The van der Waals surface area contributed by atoms with Crippen molar-refractivity contribution < 1.29 is 0 Å². The number of nitrogens with one attached hydrogen (secondary N) is 2. The van der Waals surface area contributed by atoms with E-state index in [0.29, 0.717) is 16.8 Å². The van der Waals surface area contributed by atoms with Crippen molar-refractivity contribution in [1.29, 1.82) is 0 Å². The molecule has 2 aromatic rings. The topological polar surface area (TPSA) is 65.7 Å². The Labute approximate surface area is 95.6 Å². The van der Waals surface area contributed by atoms with E-state index < -0.39 is 5.69 Å². The summed E-state index contributed by atoms with van der Waals surface area (Å²) in [6.07, 6.45) is 3.51. The summed E-state index contributed by atoms with van der Waals surface area (Å²) in [6, 6.07) is 5.21. The van der Waals surface area contributed by atoms with Crippen molar-refractivity contribution >= 4 is 28.6 Å². The van der Waals surface area contributed by atoms with Gasteiger partial charge in [-0.1, -0.05) is 24.3 Å². The van der Waals surface area contributed by atoms with Crippen LogP contribution < -0.4 is 11.2 Å². The molecule has 0 bridgehead atoms. The molecular weight excluding hydrogens is 228 g/mol. The van der Waals surface area contributed by atoms with Gasteiger partial charge >= 0.3 is 5.69 Å². The molecule has 2 rings (SSSR count). The summed E-state index contributed by atoms with van der Waals surface area (Å²) in [4.78, 5) is 27.5. The Morgan fingerprint density at radius 2 is 2.06 bits per heavy atom. The molecule has 82 valence electrons. The number of alkyl halides is 1. The second-order valence-electron chi connectivity index (χ2n) is 3.23. The number of para-hydroxylation sites is 1. The number of allylic oxidation sites excluding steroid dienone is 1. The fourth-order valence-electron chi connectivity index (χ4n) is 1.52. The lowest BCUT2D eigenvalue weighted by Crippen LogP contribution is -2.22. The van der Waals surface area contributed by atoms with Gasteiger partial charge in [0.05, 0.1) is 10.9 Å². The van der Waals surface area contributed by atoms with Crippen LogP contribution >= 0.6 is 11.6 Å². The summed E-state index contributed by atoms with van der Waals surface area (Å²) in [5.74, 6) is 0.379. The summed E-state index contributed by atoms with van der Waals surface area (Å²) < 4.78 is 0. The largest absolute Gasteiger partial charge is 0.326 e. The van der Waals surface area contributed by atoms with Gasteiger partial charge in [-0.05, 0) is 11.6 Å². The van der Waals surface area contributed by atoms with Crippen molar-refractivity contribution in [2.45, 2.75) is 0 Å². The molecule has 1 aromatic carbocycles. The first-order chi connectivity index (χ1) is 7.72. The molecule has 16 heavy (non-hydrogen) atoms. The Kier molecular flexibility index (Phi) is 2.92. The number of H-pyrrole nitrogens is 2. The van der Waals surface area contributed by atoms with Crippen LogP contribution in [0.5, 0.6) is 0 Å². The van der Waals surface area contributed by atoms with E-state index in [9.17, 15) is 9.59 Å². The molecular formula is C11H9ClN2O2. The van der Waals surface area contributed by atoms with E-state index in [4.69, 9.17) is 11.6 Å². The number of hydrogen-bond acceptors (Lipinski definition) is 2. The average Bonchev–Trinajstić information content (AvgIpc) is 2.26. The van der Waals surface area contributed by atoms with Gasteiger partial charge in [0.25, 0.3) is 5.56 Å². The van der Waals surface area contributed by atoms with E-state index in [1.54, 1.807) is 30.4 Å². The predicted octanol–water partition coefficient (Wildman–Crippen LogP) is 1.47. The van der Waals surface area contributed by atoms with Crippen LogP contribution in [0, 0.1) is 0 Å². The van der Waals surface area contributed by atoms with Crippen LogP contribution in [-0.4, -0.2) is 15.8 Å². The van der Waals surface area contributed by atoms with Crippen LogP contribution in [0.15, 0.2) is 33.9 Å². The van der Waals surface area contributed by atoms with Crippen molar-refractivity contribution in [2.24, 2.45) is 0 Å². The molecule has 4 nitrogen and oxygen atoms in total.